The Labute approximate surface area is 106 Å². The number of aryl methyl sites for hydroxylation is 2. The summed E-state index contributed by atoms with van der Waals surface area (Å²) < 4.78 is 0. The zero-order valence-corrected chi connectivity index (χ0v) is 11.0. The third-order valence-electron chi connectivity index (χ3n) is 3.20. The van der Waals surface area contributed by atoms with E-state index in [2.05, 4.69) is 5.32 Å². The number of aliphatic hydroxyl groups is 1. The van der Waals surface area contributed by atoms with Crippen LogP contribution in [0.1, 0.15) is 39.9 Å². The summed E-state index contributed by atoms with van der Waals surface area (Å²) >= 11 is 1.63. The molecule has 94 valence electrons. The third kappa shape index (κ3) is 3.07. The minimum atomic E-state index is 0.0363. The molecular weight excluding hydrogens is 234 g/mol. The first kappa shape index (κ1) is 12.6. The molecule has 4 heteroatoms. The zero-order chi connectivity index (χ0) is 12.3. The summed E-state index contributed by atoms with van der Waals surface area (Å²) in [5.74, 6) is 0.366. The van der Waals surface area contributed by atoms with Crippen LogP contribution >= 0.6 is 11.3 Å². The van der Waals surface area contributed by atoms with Crippen LogP contribution in [0.25, 0.3) is 0 Å². The van der Waals surface area contributed by atoms with Crippen molar-refractivity contribution in [1.82, 2.24) is 5.32 Å². The van der Waals surface area contributed by atoms with Gasteiger partial charge in [-0.1, -0.05) is 6.92 Å². The molecule has 0 aliphatic heterocycles. The first-order chi connectivity index (χ1) is 8.20. The van der Waals surface area contributed by atoms with E-state index < -0.39 is 0 Å². The quantitative estimate of drug-likeness (QED) is 0.843. The fourth-order valence-corrected chi connectivity index (χ4v) is 3.29. The average Bonchev–Trinajstić information content (AvgIpc) is 2.86. The third-order valence-corrected chi connectivity index (χ3v) is 4.44. The molecule has 0 bridgehead atoms. The Hall–Kier alpha value is -0.870. The van der Waals surface area contributed by atoms with Crippen molar-refractivity contribution in [2.75, 3.05) is 13.2 Å². The Morgan fingerprint density at radius 3 is 3.12 bits per heavy atom. The molecule has 0 saturated carbocycles. The van der Waals surface area contributed by atoms with E-state index in [0.717, 1.165) is 24.1 Å². The summed E-state index contributed by atoms with van der Waals surface area (Å²) in [5.41, 5.74) is 1.36. The lowest BCUT2D eigenvalue weighted by atomic mass is 10.1. The van der Waals surface area contributed by atoms with Gasteiger partial charge in [-0.05, 0) is 43.2 Å². The molecule has 1 heterocycles. The van der Waals surface area contributed by atoms with Crippen LogP contribution in [0.5, 0.6) is 0 Å². The second-order valence-electron chi connectivity index (χ2n) is 4.74. The van der Waals surface area contributed by atoms with Gasteiger partial charge in [-0.15, -0.1) is 11.3 Å². The molecule has 1 aromatic rings. The lowest BCUT2D eigenvalue weighted by Crippen LogP contribution is -2.28. The Balaban J connectivity index is 1.87. The molecule has 1 amide bonds. The predicted octanol–water partition coefficient (Wildman–Crippen LogP) is 1.99. The predicted molar refractivity (Wildman–Crippen MR) is 69.5 cm³/mol. The van der Waals surface area contributed by atoms with E-state index in [-0.39, 0.29) is 12.5 Å². The molecule has 2 N–H and O–H groups in total. The van der Waals surface area contributed by atoms with Crippen molar-refractivity contribution in [2.24, 2.45) is 5.92 Å². The van der Waals surface area contributed by atoms with Crippen LogP contribution in [0, 0.1) is 5.92 Å². The summed E-state index contributed by atoms with van der Waals surface area (Å²) in [7, 11) is 0. The van der Waals surface area contributed by atoms with Crippen molar-refractivity contribution in [2.45, 2.75) is 32.6 Å². The summed E-state index contributed by atoms with van der Waals surface area (Å²) in [6.45, 7) is 2.86. The smallest absolute Gasteiger partial charge is 0.261 e. The van der Waals surface area contributed by atoms with Gasteiger partial charge >= 0.3 is 0 Å². The number of fused-ring (bicyclic) bond motifs is 1. The second kappa shape index (κ2) is 5.65. The van der Waals surface area contributed by atoms with Crippen molar-refractivity contribution in [3.05, 3.63) is 21.4 Å². The first-order valence-electron chi connectivity index (χ1n) is 6.21. The van der Waals surface area contributed by atoms with Gasteiger partial charge in [-0.25, -0.2) is 0 Å². The molecule has 1 aliphatic rings. The van der Waals surface area contributed by atoms with Crippen LogP contribution in [0.4, 0.5) is 0 Å². The number of hydrogen-bond acceptors (Lipinski definition) is 3. The van der Waals surface area contributed by atoms with Crippen molar-refractivity contribution >= 4 is 17.2 Å². The maximum Gasteiger partial charge on any atom is 0.261 e. The minimum absolute atomic E-state index is 0.0363. The molecule has 0 spiro atoms. The van der Waals surface area contributed by atoms with E-state index in [9.17, 15) is 4.79 Å². The normalized spacial score (nSPS) is 15.6. The van der Waals surface area contributed by atoms with Crippen LogP contribution in [0.15, 0.2) is 6.07 Å². The number of nitrogens with one attached hydrogen (secondary N) is 1. The Morgan fingerprint density at radius 2 is 2.41 bits per heavy atom. The highest BCUT2D eigenvalue weighted by molar-refractivity contribution is 7.14. The van der Waals surface area contributed by atoms with Crippen LogP contribution in [0.3, 0.4) is 0 Å². The molecule has 0 radical (unpaired) electrons. The number of hydrogen-bond donors (Lipinski definition) is 2. The van der Waals surface area contributed by atoms with Gasteiger partial charge < -0.3 is 10.4 Å². The molecular formula is C13H19NO2S. The van der Waals surface area contributed by atoms with Gasteiger partial charge in [-0.3, -0.25) is 4.79 Å². The molecule has 1 aromatic heterocycles. The van der Waals surface area contributed by atoms with Crippen LogP contribution in [-0.4, -0.2) is 24.2 Å². The molecule has 3 nitrogen and oxygen atoms in total. The highest BCUT2D eigenvalue weighted by Gasteiger charge is 2.18. The molecule has 1 aliphatic carbocycles. The van der Waals surface area contributed by atoms with Crippen molar-refractivity contribution in [3.63, 3.8) is 0 Å². The molecule has 2 rings (SSSR count). The van der Waals surface area contributed by atoms with Gasteiger partial charge in [-0.2, -0.15) is 0 Å². The van der Waals surface area contributed by atoms with Gasteiger partial charge in [0.15, 0.2) is 0 Å². The molecule has 1 unspecified atom stereocenters. The number of amides is 1. The average molecular weight is 253 g/mol. The van der Waals surface area contributed by atoms with E-state index in [1.807, 2.05) is 13.0 Å². The Kier molecular flexibility index (Phi) is 4.18. The van der Waals surface area contributed by atoms with E-state index in [1.54, 1.807) is 11.3 Å². The minimum Gasteiger partial charge on any atom is -0.396 e. The Morgan fingerprint density at radius 1 is 1.59 bits per heavy atom. The van der Waals surface area contributed by atoms with Crippen molar-refractivity contribution in [3.8, 4) is 0 Å². The number of thiophene rings is 1. The topological polar surface area (TPSA) is 49.3 Å². The maximum atomic E-state index is 11.9. The number of rotatable bonds is 5. The van der Waals surface area contributed by atoms with Gasteiger partial charge in [0.2, 0.25) is 0 Å². The van der Waals surface area contributed by atoms with Gasteiger partial charge in [0, 0.05) is 18.0 Å². The highest BCUT2D eigenvalue weighted by atomic mass is 32.1. The second-order valence-corrected chi connectivity index (χ2v) is 5.88. The summed E-state index contributed by atoms with van der Waals surface area (Å²) in [6.07, 6.45) is 4.23. The van der Waals surface area contributed by atoms with Gasteiger partial charge in [0.05, 0.1) is 4.88 Å². The van der Waals surface area contributed by atoms with Crippen molar-refractivity contribution < 1.29 is 9.90 Å². The standard InChI is InChI=1S/C13H19NO2S/c1-9(5-6-15)8-14-13(16)12-7-10-3-2-4-11(10)17-12/h7,9,15H,2-6,8H2,1H3,(H,14,16). The largest absolute Gasteiger partial charge is 0.396 e. The SMILES string of the molecule is CC(CCO)CNC(=O)c1cc2c(s1)CCC2. The van der Waals surface area contributed by atoms with E-state index in [1.165, 1.54) is 16.9 Å². The van der Waals surface area contributed by atoms with Crippen molar-refractivity contribution in [1.29, 1.82) is 0 Å². The summed E-state index contributed by atoms with van der Waals surface area (Å²) in [6, 6.07) is 2.04. The number of carbonyl (C=O) groups excluding carboxylic acids is 1. The molecule has 0 saturated heterocycles. The molecule has 0 aromatic carbocycles. The van der Waals surface area contributed by atoms with Crippen LogP contribution < -0.4 is 5.32 Å². The van der Waals surface area contributed by atoms with Crippen LogP contribution in [0.2, 0.25) is 0 Å². The highest BCUT2D eigenvalue weighted by Crippen LogP contribution is 2.30. The fraction of sp³-hybridized carbons (Fsp3) is 0.615. The maximum absolute atomic E-state index is 11.9. The van der Waals surface area contributed by atoms with Gasteiger partial charge in [0.25, 0.3) is 5.91 Å². The van der Waals surface area contributed by atoms with E-state index in [0.29, 0.717) is 12.5 Å². The molecule has 0 fully saturated rings. The molecule has 17 heavy (non-hydrogen) atoms. The first-order valence-corrected chi connectivity index (χ1v) is 7.03. The number of aliphatic hydroxyl groups excluding tert-OH is 1. The van der Waals surface area contributed by atoms with E-state index in [4.69, 9.17) is 5.11 Å². The molecule has 1 atom stereocenters. The Bertz CT molecular complexity index is 379. The van der Waals surface area contributed by atoms with Gasteiger partial charge in [0.1, 0.15) is 0 Å². The lowest BCUT2D eigenvalue weighted by Gasteiger charge is -2.10. The summed E-state index contributed by atoms with van der Waals surface area (Å²) in [4.78, 5) is 14.1. The summed E-state index contributed by atoms with van der Waals surface area (Å²) in [5, 5.41) is 11.7. The van der Waals surface area contributed by atoms with E-state index >= 15 is 0 Å². The monoisotopic (exact) mass is 253 g/mol. The fourth-order valence-electron chi connectivity index (χ4n) is 2.12. The van der Waals surface area contributed by atoms with Crippen LogP contribution in [-0.2, 0) is 12.8 Å². The zero-order valence-electron chi connectivity index (χ0n) is 10.2. The number of carbonyl (C=O) groups is 1. The lowest BCUT2D eigenvalue weighted by molar-refractivity contribution is 0.0949.